The molecule has 7 nitrogen and oxygen atoms in total. The summed E-state index contributed by atoms with van der Waals surface area (Å²) in [5, 5.41) is 16.1. The summed E-state index contributed by atoms with van der Waals surface area (Å²) in [7, 11) is -0.218. The highest BCUT2D eigenvalue weighted by Crippen LogP contribution is 2.17. The molecule has 3 N–H and O–H groups in total. The molecule has 31 heavy (non-hydrogen) atoms. The molecule has 0 aliphatic rings. The van der Waals surface area contributed by atoms with Crippen LogP contribution in [0.5, 0.6) is 0 Å². The number of hydrogen-bond donors (Lipinski definition) is 3. The van der Waals surface area contributed by atoms with Crippen LogP contribution in [0.4, 0.5) is 0 Å². The lowest BCUT2D eigenvalue weighted by Gasteiger charge is -2.21. The van der Waals surface area contributed by atoms with E-state index in [0.29, 0.717) is 19.0 Å². The molecular formula is C22H33IN4O3S. The molecule has 1 unspecified atom stereocenters. The first-order valence-corrected chi connectivity index (χ1v) is 11.4. The quantitative estimate of drug-likeness (QED) is 0.249. The Bertz CT molecular complexity index is 920. The molecular weight excluding hydrogens is 527 g/mol. The van der Waals surface area contributed by atoms with E-state index in [4.69, 9.17) is 0 Å². The zero-order chi connectivity index (χ0) is 22.1. The molecule has 0 bridgehead atoms. The minimum atomic E-state index is -3.49. The summed E-state index contributed by atoms with van der Waals surface area (Å²) in [5.41, 5.74) is 2.00. The van der Waals surface area contributed by atoms with Crippen LogP contribution >= 0.6 is 24.0 Å². The Hall–Kier alpha value is -1.69. The number of aliphatic hydroxyl groups excluding tert-OH is 1. The smallest absolute Gasteiger partial charge is 0.243 e. The van der Waals surface area contributed by atoms with Gasteiger partial charge in [-0.25, -0.2) is 8.42 Å². The number of nitrogens with zero attached hydrogens (tertiary/aromatic N) is 2. The maximum absolute atomic E-state index is 12.6. The molecule has 9 heteroatoms. The van der Waals surface area contributed by atoms with E-state index in [2.05, 4.69) is 15.6 Å². The molecule has 0 heterocycles. The van der Waals surface area contributed by atoms with Crippen molar-refractivity contribution in [2.24, 2.45) is 4.99 Å². The summed E-state index contributed by atoms with van der Waals surface area (Å²) < 4.78 is 26.5. The summed E-state index contributed by atoms with van der Waals surface area (Å²) in [6.45, 7) is 4.75. The van der Waals surface area contributed by atoms with Crippen LogP contribution in [0.25, 0.3) is 0 Å². The molecule has 0 radical (unpaired) electrons. The minimum Gasteiger partial charge on any atom is -0.396 e. The van der Waals surface area contributed by atoms with Gasteiger partial charge in [-0.15, -0.1) is 24.0 Å². The van der Waals surface area contributed by atoms with E-state index in [1.807, 2.05) is 44.2 Å². The van der Waals surface area contributed by atoms with E-state index < -0.39 is 10.0 Å². The van der Waals surface area contributed by atoms with Gasteiger partial charge in [0.2, 0.25) is 10.0 Å². The van der Waals surface area contributed by atoms with Crippen molar-refractivity contribution in [2.45, 2.75) is 37.2 Å². The van der Waals surface area contributed by atoms with Gasteiger partial charge in [0, 0.05) is 39.1 Å². The van der Waals surface area contributed by atoms with Gasteiger partial charge in [-0.05, 0) is 37.1 Å². The molecule has 0 fully saturated rings. The van der Waals surface area contributed by atoms with Crippen molar-refractivity contribution < 1.29 is 13.5 Å². The maximum Gasteiger partial charge on any atom is 0.243 e. The monoisotopic (exact) mass is 560 g/mol. The molecule has 2 rings (SSSR count). The van der Waals surface area contributed by atoms with Gasteiger partial charge in [-0.3, -0.25) is 4.99 Å². The van der Waals surface area contributed by atoms with Crippen LogP contribution in [0.3, 0.4) is 0 Å². The number of aliphatic hydroxyl groups is 1. The number of sulfonamides is 1. The Kier molecular flexibility index (Phi) is 11.5. The van der Waals surface area contributed by atoms with E-state index in [9.17, 15) is 13.5 Å². The Morgan fingerprint density at radius 3 is 2.19 bits per heavy atom. The van der Waals surface area contributed by atoms with Crippen molar-refractivity contribution in [3.8, 4) is 0 Å². The average Bonchev–Trinajstić information content (AvgIpc) is 2.76. The van der Waals surface area contributed by atoms with Crippen LogP contribution in [-0.2, 0) is 16.6 Å². The van der Waals surface area contributed by atoms with Gasteiger partial charge in [0.25, 0.3) is 0 Å². The van der Waals surface area contributed by atoms with Crippen molar-refractivity contribution in [1.29, 1.82) is 0 Å². The van der Waals surface area contributed by atoms with Crippen LogP contribution in [0, 0.1) is 0 Å². The van der Waals surface area contributed by atoms with Gasteiger partial charge in [0.15, 0.2) is 5.96 Å². The number of halogens is 1. The summed E-state index contributed by atoms with van der Waals surface area (Å²) in [6, 6.07) is 16.6. The predicted molar refractivity (Wildman–Crippen MR) is 136 cm³/mol. The first-order chi connectivity index (χ1) is 14.3. The minimum absolute atomic E-state index is 0. The van der Waals surface area contributed by atoms with E-state index in [1.54, 1.807) is 38.4 Å². The summed E-state index contributed by atoms with van der Waals surface area (Å²) >= 11 is 0. The third kappa shape index (κ3) is 7.74. The number of hydrogen-bond acceptors (Lipinski definition) is 4. The molecule has 0 spiro atoms. The molecule has 0 amide bonds. The van der Waals surface area contributed by atoms with Crippen molar-refractivity contribution in [2.75, 3.05) is 27.2 Å². The molecule has 0 aromatic heterocycles. The SMILES string of the molecule is CN=C(NCc1ccc(S(=O)(=O)N(C)C(C)C)cc1)NCC(CO)c1ccccc1.I. The van der Waals surface area contributed by atoms with E-state index in [1.165, 1.54) is 4.31 Å². The average molecular weight is 561 g/mol. The zero-order valence-electron chi connectivity index (χ0n) is 18.4. The van der Waals surface area contributed by atoms with Crippen LogP contribution < -0.4 is 10.6 Å². The fraction of sp³-hybridized carbons (Fsp3) is 0.409. The van der Waals surface area contributed by atoms with Gasteiger partial charge in [0.1, 0.15) is 0 Å². The highest BCUT2D eigenvalue weighted by Gasteiger charge is 2.22. The van der Waals surface area contributed by atoms with Crippen molar-refractivity contribution >= 4 is 40.0 Å². The number of guanidine groups is 1. The van der Waals surface area contributed by atoms with E-state index in [0.717, 1.165) is 11.1 Å². The standard InChI is InChI=1S/C22H32N4O3S.HI/c1-17(2)26(4)30(28,29)21-12-10-18(11-13-21)14-24-22(23-3)25-15-20(16-27)19-8-6-5-7-9-19;/h5-13,17,20,27H,14-16H2,1-4H3,(H2,23,24,25);1H. The van der Waals surface area contributed by atoms with Crippen molar-refractivity contribution in [3.05, 3.63) is 65.7 Å². The number of rotatable bonds is 9. The van der Waals surface area contributed by atoms with Crippen LogP contribution in [0.1, 0.15) is 30.9 Å². The molecule has 2 aromatic carbocycles. The lowest BCUT2D eigenvalue weighted by molar-refractivity contribution is 0.265. The predicted octanol–water partition coefficient (Wildman–Crippen LogP) is 2.77. The summed E-state index contributed by atoms with van der Waals surface area (Å²) in [4.78, 5) is 4.49. The Morgan fingerprint density at radius 1 is 1.06 bits per heavy atom. The highest BCUT2D eigenvalue weighted by atomic mass is 127. The molecule has 2 aromatic rings. The molecule has 0 saturated heterocycles. The topological polar surface area (TPSA) is 94.0 Å². The van der Waals surface area contributed by atoms with Gasteiger partial charge >= 0.3 is 0 Å². The summed E-state index contributed by atoms with van der Waals surface area (Å²) in [5.74, 6) is 0.577. The van der Waals surface area contributed by atoms with Crippen molar-refractivity contribution in [1.82, 2.24) is 14.9 Å². The van der Waals surface area contributed by atoms with Gasteiger partial charge in [0.05, 0.1) is 11.5 Å². The second-order valence-electron chi connectivity index (χ2n) is 7.36. The maximum atomic E-state index is 12.6. The van der Waals surface area contributed by atoms with Crippen molar-refractivity contribution in [3.63, 3.8) is 0 Å². The Labute approximate surface area is 203 Å². The third-order valence-corrected chi connectivity index (χ3v) is 7.07. The fourth-order valence-corrected chi connectivity index (χ4v) is 4.23. The first kappa shape index (κ1) is 27.3. The third-order valence-electron chi connectivity index (χ3n) is 5.02. The Balaban J connectivity index is 0.00000480. The highest BCUT2D eigenvalue weighted by molar-refractivity contribution is 14.0. The van der Waals surface area contributed by atoms with E-state index in [-0.39, 0.29) is 47.4 Å². The second-order valence-corrected chi connectivity index (χ2v) is 9.35. The fourth-order valence-electron chi connectivity index (χ4n) is 2.86. The van der Waals surface area contributed by atoms with E-state index >= 15 is 0 Å². The van der Waals surface area contributed by atoms with Crippen LogP contribution in [-0.4, -0.2) is 57.1 Å². The van der Waals surface area contributed by atoms with Gasteiger partial charge in [-0.1, -0.05) is 42.5 Å². The lowest BCUT2D eigenvalue weighted by atomic mass is 10.0. The molecule has 0 aliphatic carbocycles. The number of aliphatic imine (C=N–C) groups is 1. The lowest BCUT2D eigenvalue weighted by Crippen LogP contribution is -2.39. The molecule has 0 aliphatic heterocycles. The largest absolute Gasteiger partial charge is 0.396 e. The summed E-state index contributed by atoms with van der Waals surface area (Å²) in [6.07, 6.45) is 0. The molecule has 172 valence electrons. The normalized spacial score (nSPS) is 13.1. The molecule has 0 saturated carbocycles. The van der Waals surface area contributed by atoms with Gasteiger partial charge < -0.3 is 15.7 Å². The number of benzene rings is 2. The second kappa shape index (κ2) is 13.0. The zero-order valence-corrected chi connectivity index (χ0v) is 21.6. The Morgan fingerprint density at radius 2 is 1.68 bits per heavy atom. The number of nitrogens with one attached hydrogen (secondary N) is 2. The first-order valence-electron chi connectivity index (χ1n) is 9.97. The van der Waals surface area contributed by atoms with Crippen LogP contribution in [0.2, 0.25) is 0 Å². The molecule has 1 atom stereocenters. The van der Waals surface area contributed by atoms with Gasteiger partial charge in [-0.2, -0.15) is 4.31 Å². The van der Waals surface area contributed by atoms with Crippen LogP contribution in [0.15, 0.2) is 64.5 Å².